The van der Waals surface area contributed by atoms with E-state index in [4.69, 9.17) is 11.6 Å². The van der Waals surface area contributed by atoms with Gasteiger partial charge in [-0.25, -0.2) is 0 Å². The van der Waals surface area contributed by atoms with E-state index in [1.807, 2.05) is 0 Å². The summed E-state index contributed by atoms with van der Waals surface area (Å²) < 4.78 is 0. The van der Waals surface area contributed by atoms with E-state index in [2.05, 4.69) is 16.0 Å². The van der Waals surface area contributed by atoms with Crippen LogP contribution in [0.1, 0.15) is 15.9 Å². The minimum atomic E-state index is -0.376. The molecule has 0 fully saturated rings. The second-order valence-electron chi connectivity index (χ2n) is 5.29. The topological polar surface area (TPSA) is 87.3 Å². The number of likely N-dealkylation sites (N-methyl/N-ethyl adjacent to an activating group) is 1. The van der Waals surface area contributed by atoms with Crippen LogP contribution >= 0.6 is 11.6 Å². The first-order chi connectivity index (χ1) is 12.0. The molecule has 130 valence electrons. The number of anilines is 1. The highest BCUT2D eigenvalue weighted by Gasteiger charge is 2.09. The molecule has 0 aliphatic heterocycles. The van der Waals surface area contributed by atoms with Crippen molar-refractivity contribution >= 4 is 35.0 Å². The van der Waals surface area contributed by atoms with Gasteiger partial charge in [0, 0.05) is 23.3 Å². The fourth-order valence-corrected chi connectivity index (χ4v) is 2.27. The highest BCUT2D eigenvalue weighted by atomic mass is 35.5. The zero-order chi connectivity index (χ0) is 18.2. The Bertz CT molecular complexity index is 775. The summed E-state index contributed by atoms with van der Waals surface area (Å²) in [6.07, 6.45) is 0.278. The number of hydrogen-bond donors (Lipinski definition) is 3. The van der Waals surface area contributed by atoms with Gasteiger partial charge in [0.25, 0.3) is 5.91 Å². The minimum absolute atomic E-state index is 0.0829. The summed E-state index contributed by atoms with van der Waals surface area (Å²) in [6, 6.07) is 13.4. The predicted octanol–water partition coefficient (Wildman–Crippen LogP) is 2.00. The third-order valence-electron chi connectivity index (χ3n) is 3.38. The highest BCUT2D eigenvalue weighted by molar-refractivity contribution is 6.31. The first kappa shape index (κ1) is 18.5. The van der Waals surface area contributed by atoms with Crippen LogP contribution in [0.4, 0.5) is 5.69 Å². The Hall–Kier alpha value is -2.86. The SMILES string of the molecule is CNC(=O)Cc1ccc(NC(=O)CNC(=O)c2cccc(Cl)c2)cc1. The molecule has 0 aliphatic rings. The minimum Gasteiger partial charge on any atom is -0.359 e. The summed E-state index contributed by atoms with van der Waals surface area (Å²) in [5, 5.41) is 8.20. The smallest absolute Gasteiger partial charge is 0.251 e. The van der Waals surface area contributed by atoms with Gasteiger partial charge in [-0.1, -0.05) is 29.8 Å². The van der Waals surface area contributed by atoms with Crippen molar-refractivity contribution < 1.29 is 14.4 Å². The van der Waals surface area contributed by atoms with Gasteiger partial charge in [0.05, 0.1) is 13.0 Å². The van der Waals surface area contributed by atoms with Crippen LogP contribution in [0.2, 0.25) is 5.02 Å². The average molecular weight is 360 g/mol. The van der Waals surface area contributed by atoms with Gasteiger partial charge < -0.3 is 16.0 Å². The number of nitrogens with one attached hydrogen (secondary N) is 3. The largest absolute Gasteiger partial charge is 0.359 e. The average Bonchev–Trinajstić information content (AvgIpc) is 2.61. The van der Waals surface area contributed by atoms with Gasteiger partial charge in [0.1, 0.15) is 0 Å². The summed E-state index contributed by atoms with van der Waals surface area (Å²) in [6.45, 7) is -0.161. The van der Waals surface area contributed by atoms with Crippen LogP contribution in [0.25, 0.3) is 0 Å². The lowest BCUT2D eigenvalue weighted by Crippen LogP contribution is -2.32. The molecule has 2 aromatic rings. The van der Waals surface area contributed by atoms with Gasteiger partial charge in [0.2, 0.25) is 11.8 Å². The van der Waals surface area contributed by atoms with E-state index in [-0.39, 0.29) is 30.7 Å². The maximum absolute atomic E-state index is 11.9. The normalized spacial score (nSPS) is 10.0. The molecule has 0 saturated carbocycles. The molecule has 0 heterocycles. The summed E-state index contributed by atoms with van der Waals surface area (Å²) in [7, 11) is 1.58. The van der Waals surface area contributed by atoms with Crippen LogP contribution in [0.3, 0.4) is 0 Å². The van der Waals surface area contributed by atoms with Gasteiger partial charge in [-0.3, -0.25) is 14.4 Å². The number of carbonyl (C=O) groups is 3. The van der Waals surface area contributed by atoms with Crippen LogP contribution < -0.4 is 16.0 Å². The number of amides is 3. The van der Waals surface area contributed by atoms with Crippen molar-refractivity contribution in [1.82, 2.24) is 10.6 Å². The Morgan fingerprint density at radius 1 is 1.00 bits per heavy atom. The fraction of sp³-hybridized carbons (Fsp3) is 0.167. The van der Waals surface area contributed by atoms with E-state index in [1.54, 1.807) is 49.5 Å². The molecule has 0 atom stereocenters. The predicted molar refractivity (Wildman–Crippen MR) is 96.6 cm³/mol. The molecule has 7 heteroatoms. The molecule has 0 bridgehead atoms. The zero-order valence-corrected chi connectivity index (χ0v) is 14.4. The standard InChI is InChI=1S/C18H18ClN3O3/c1-20-16(23)9-12-5-7-15(8-6-12)22-17(24)11-21-18(25)13-3-2-4-14(19)10-13/h2-8,10H,9,11H2,1H3,(H,20,23)(H,21,25)(H,22,24). The van der Waals surface area contributed by atoms with E-state index >= 15 is 0 Å². The number of halogens is 1. The van der Waals surface area contributed by atoms with E-state index < -0.39 is 0 Å². The summed E-state index contributed by atoms with van der Waals surface area (Å²) in [5.41, 5.74) is 1.81. The molecule has 3 N–H and O–H groups in total. The first-order valence-corrected chi connectivity index (χ1v) is 7.99. The third kappa shape index (κ3) is 5.93. The van der Waals surface area contributed by atoms with Crippen LogP contribution in [-0.2, 0) is 16.0 Å². The third-order valence-corrected chi connectivity index (χ3v) is 3.61. The second kappa shape index (κ2) is 8.84. The van der Waals surface area contributed by atoms with Crippen molar-refractivity contribution in [2.24, 2.45) is 0 Å². The molecule has 6 nitrogen and oxygen atoms in total. The van der Waals surface area contributed by atoms with Crippen molar-refractivity contribution in [3.8, 4) is 0 Å². The molecule has 0 aromatic heterocycles. The first-order valence-electron chi connectivity index (χ1n) is 7.61. The molecule has 25 heavy (non-hydrogen) atoms. The van der Waals surface area contributed by atoms with Gasteiger partial charge in [-0.2, -0.15) is 0 Å². The van der Waals surface area contributed by atoms with E-state index in [9.17, 15) is 14.4 Å². The molecule has 2 aromatic carbocycles. The van der Waals surface area contributed by atoms with E-state index in [1.165, 1.54) is 6.07 Å². The van der Waals surface area contributed by atoms with Gasteiger partial charge in [-0.15, -0.1) is 0 Å². The molecule has 0 aliphatic carbocycles. The molecule has 2 rings (SSSR count). The fourth-order valence-electron chi connectivity index (χ4n) is 2.08. The van der Waals surface area contributed by atoms with E-state index in [0.29, 0.717) is 16.3 Å². The van der Waals surface area contributed by atoms with Gasteiger partial charge >= 0.3 is 0 Å². The van der Waals surface area contributed by atoms with Crippen LogP contribution in [0.15, 0.2) is 48.5 Å². The Labute approximate surface area is 150 Å². The van der Waals surface area contributed by atoms with Crippen molar-refractivity contribution in [3.05, 3.63) is 64.7 Å². The summed E-state index contributed by atoms with van der Waals surface area (Å²) in [5.74, 6) is -0.812. The number of hydrogen-bond acceptors (Lipinski definition) is 3. The van der Waals surface area contributed by atoms with Crippen molar-refractivity contribution in [2.75, 3.05) is 18.9 Å². The quantitative estimate of drug-likeness (QED) is 0.737. The number of carbonyl (C=O) groups excluding carboxylic acids is 3. The second-order valence-corrected chi connectivity index (χ2v) is 5.72. The van der Waals surface area contributed by atoms with Crippen molar-refractivity contribution in [1.29, 1.82) is 0 Å². The lowest BCUT2D eigenvalue weighted by atomic mass is 10.1. The molecule has 0 unspecified atom stereocenters. The zero-order valence-electron chi connectivity index (χ0n) is 13.6. The van der Waals surface area contributed by atoms with Crippen LogP contribution in [-0.4, -0.2) is 31.3 Å². The molecular formula is C18H18ClN3O3. The Balaban J connectivity index is 1.83. The Morgan fingerprint density at radius 2 is 1.72 bits per heavy atom. The number of benzene rings is 2. The maximum Gasteiger partial charge on any atom is 0.251 e. The lowest BCUT2D eigenvalue weighted by molar-refractivity contribution is -0.120. The molecule has 3 amide bonds. The van der Waals surface area contributed by atoms with E-state index in [0.717, 1.165) is 5.56 Å². The van der Waals surface area contributed by atoms with Crippen LogP contribution in [0.5, 0.6) is 0 Å². The maximum atomic E-state index is 11.9. The van der Waals surface area contributed by atoms with Gasteiger partial charge in [-0.05, 0) is 35.9 Å². The molecular weight excluding hydrogens is 342 g/mol. The monoisotopic (exact) mass is 359 g/mol. The lowest BCUT2D eigenvalue weighted by Gasteiger charge is -2.08. The molecule has 0 spiro atoms. The van der Waals surface area contributed by atoms with Gasteiger partial charge in [0.15, 0.2) is 0 Å². The van der Waals surface area contributed by atoms with Crippen LogP contribution in [0, 0.1) is 0 Å². The summed E-state index contributed by atoms with van der Waals surface area (Å²) in [4.78, 5) is 35.2. The highest BCUT2D eigenvalue weighted by Crippen LogP contribution is 2.11. The summed E-state index contributed by atoms with van der Waals surface area (Å²) >= 11 is 5.83. The Kier molecular flexibility index (Phi) is 6.54. The van der Waals surface area contributed by atoms with Crippen molar-refractivity contribution in [2.45, 2.75) is 6.42 Å². The molecule has 0 radical (unpaired) electrons. The Morgan fingerprint density at radius 3 is 2.36 bits per heavy atom. The number of rotatable bonds is 6. The van der Waals surface area contributed by atoms with Crippen molar-refractivity contribution in [3.63, 3.8) is 0 Å². The molecule has 0 saturated heterocycles.